The van der Waals surface area contributed by atoms with Gasteiger partial charge in [-0.05, 0) is 54.8 Å². The van der Waals surface area contributed by atoms with Crippen molar-refractivity contribution in [2.24, 2.45) is 5.84 Å². The maximum Gasteiger partial charge on any atom is 0.128 e. The number of aryl methyl sites for hydroxylation is 2. The lowest BCUT2D eigenvalue weighted by atomic mass is 9.93. The summed E-state index contributed by atoms with van der Waals surface area (Å²) in [5.74, 6) is 6.19. The van der Waals surface area contributed by atoms with Gasteiger partial charge in [0.25, 0.3) is 0 Å². The summed E-state index contributed by atoms with van der Waals surface area (Å²) in [7, 11) is 1.63. The first-order chi connectivity index (χ1) is 9.97. The minimum Gasteiger partial charge on any atom is -0.496 e. The van der Waals surface area contributed by atoms with Crippen LogP contribution in [0.1, 0.15) is 28.3 Å². The molecule has 3 nitrogen and oxygen atoms in total. The number of ether oxygens (including phenoxy) is 1. The molecule has 0 amide bonds. The second kappa shape index (κ2) is 6.56. The third-order valence-corrected chi connectivity index (χ3v) is 4.02. The molecule has 2 aromatic rings. The predicted octanol–water partition coefficient (Wildman–Crippen LogP) is 3.77. The minimum atomic E-state index is -0.424. The van der Waals surface area contributed by atoms with Crippen LogP contribution in [0.25, 0.3) is 0 Å². The molecule has 21 heavy (non-hydrogen) atoms. The molecule has 2 rings (SSSR count). The van der Waals surface area contributed by atoms with E-state index in [0.717, 1.165) is 26.9 Å². The van der Waals surface area contributed by atoms with Gasteiger partial charge in [-0.25, -0.2) is 9.82 Å². The SMILES string of the molecule is COc1cc(C)c(C(NN)c2cc(Br)ccc2F)cc1C. The number of hydrogen-bond acceptors (Lipinski definition) is 3. The Kier molecular flexibility index (Phi) is 4.98. The van der Waals surface area contributed by atoms with Gasteiger partial charge in [-0.1, -0.05) is 22.0 Å². The molecule has 2 aromatic carbocycles. The molecule has 0 aliphatic rings. The Labute approximate surface area is 132 Å². The van der Waals surface area contributed by atoms with E-state index in [1.807, 2.05) is 26.0 Å². The summed E-state index contributed by atoms with van der Waals surface area (Å²) in [6.45, 7) is 3.91. The van der Waals surface area contributed by atoms with Gasteiger partial charge in [0.2, 0.25) is 0 Å². The molecule has 0 aliphatic carbocycles. The highest BCUT2D eigenvalue weighted by Crippen LogP contribution is 2.32. The van der Waals surface area contributed by atoms with Crippen molar-refractivity contribution in [3.8, 4) is 5.75 Å². The minimum absolute atomic E-state index is 0.297. The molecule has 0 fully saturated rings. The van der Waals surface area contributed by atoms with Crippen LogP contribution in [0.4, 0.5) is 4.39 Å². The Morgan fingerprint density at radius 2 is 1.86 bits per heavy atom. The Bertz CT molecular complexity index is 661. The van der Waals surface area contributed by atoms with Crippen LogP contribution in [0.5, 0.6) is 5.75 Å². The monoisotopic (exact) mass is 352 g/mol. The van der Waals surface area contributed by atoms with E-state index in [2.05, 4.69) is 21.4 Å². The van der Waals surface area contributed by atoms with Gasteiger partial charge >= 0.3 is 0 Å². The number of nitrogens with one attached hydrogen (secondary N) is 1. The van der Waals surface area contributed by atoms with Gasteiger partial charge in [-0.2, -0.15) is 0 Å². The standard InChI is InChI=1S/C16H18BrFN2O/c1-9-7-15(21-3)10(2)6-12(9)16(20-19)13-8-11(17)4-5-14(13)18/h4-8,16,20H,19H2,1-3H3. The summed E-state index contributed by atoms with van der Waals surface area (Å²) >= 11 is 3.37. The Balaban J connectivity index is 2.56. The van der Waals surface area contributed by atoms with Crippen LogP contribution in [0.2, 0.25) is 0 Å². The van der Waals surface area contributed by atoms with E-state index in [9.17, 15) is 4.39 Å². The Hall–Kier alpha value is -1.43. The van der Waals surface area contributed by atoms with Gasteiger partial charge < -0.3 is 4.74 Å². The van der Waals surface area contributed by atoms with Crippen LogP contribution < -0.4 is 16.0 Å². The highest BCUT2D eigenvalue weighted by atomic mass is 79.9. The summed E-state index contributed by atoms with van der Waals surface area (Å²) < 4.78 is 20.2. The first-order valence-electron chi connectivity index (χ1n) is 6.54. The van der Waals surface area contributed by atoms with Gasteiger partial charge in [0.1, 0.15) is 11.6 Å². The van der Waals surface area contributed by atoms with Crippen LogP contribution in [-0.4, -0.2) is 7.11 Å². The highest BCUT2D eigenvalue weighted by Gasteiger charge is 2.20. The van der Waals surface area contributed by atoms with Crippen molar-refractivity contribution in [1.29, 1.82) is 0 Å². The average molecular weight is 353 g/mol. The maximum atomic E-state index is 14.1. The molecule has 0 heterocycles. The molecular formula is C16H18BrFN2O. The fourth-order valence-electron chi connectivity index (χ4n) is 2.43. The zero-order valence-electron chi connectivity index (χ0n) is 12.2. The van der Waals surface area contributed by atoms with Crippen molar-refractivity contribution in [3.63, 3.8) is 0 Å². The summed E-state index contributed by atoms with van der Waals surface area (Å²) in [5, 5.41) is 0. The largest absolute Gasteiger partial charge is 0.496 e. The predicted molar refractivity (Wildman–Crippen MR) is 85.7 cm³/mol. The number of benzene rings is 2. The first-order valence-corrected chi connectivity index (χ1v) is 7.33. The Morgan fingerprint density at radius 3 is 2.48 bits per heavy atom. The van der Waals surface area contributed by atoms with Gasteiger partial charge in [0.15, 0.2) is 0 Å². The number of hydrogen-bond donors (Lipinski definition) is 2. The van der Waals surface area contributed by atoms with E-state index in [4.69, 9.17) is 10.6 Å². The summed E-state index contributed by atoms with van der Waals surface area (Å²) in [5.41, 5.74) is 6.10. The molecule has 0 saturated heterocycles. The summed E-state index contributed by atoms with van der Waals surface area (Å²) in [6.07, 6.45) is 0. The normalized spacial score (nSPS) is 12.3. The van der Waals surface area contributed by atoms with E-state index in [1.165, 1.54) is 6.07 Å². The third kappa shape index (κ3) is 3.26. The van der Waals surface area contributed by atoms with Crippen molar-refractivity contribution in [2.45, 2.75) is 19.9 Å². The van der Waals surface area contributed by atoms with E-state index < -0.39 is 6.04 Å². The van der Waals surface area contributed by atoms with Crippen molar-refractivity contribution in [1.82, 2.24) is 5.43 Å². The lowest BCUT2D eigenvalue weighted by Crippen LogP contribution is -2.30. The molecule has 0 radical (unpaired) electrons. The number of nitrogens with two attached hydrogens (primary N) is 1. The second-order valence-electron chi connectivity index (χ2n) is 4.94. The highest BCUT2D eigenvalue weighted by molar-refractivity contribution is 9.10. The molecule has 0 spiro atoms. The summed E-state index contributed by atoms with van der Waals surface area (Å²) in [6, 6.07) is 8.31. The fourth-order valence-corrected chi connectivity index (χ4v) is 2.80. The molecule has 5 heteroatoms. The molecular weight excluding hydrogens is 335 g/mol. The van der Waals surface area contributed by atoms with Gasteiger partial charge in [-0.15, -0.1) is 0 Å². The van der Waals surface area contributed by atoms with Crippen molar-refractivity contribution in [2.75, 3.05) is 7.11 Å². The molecule has 0 aromatic heterocycles. The van der Waals surface area contributed by atoms with Crippen LogP contribution >= 0.6 is 15.9 Å². The molecule has 1 atom stereocenters. The van der Waals surface area contributed by atoms with Crippen molar-refractivity contribution < 1.29 is 9.13 Å². The van der Waals surface area contributed by atoms with Crippen LogP contribution in [0.15, 0.2) is 34.8 Å². The zero-order valence-corrected chi connectivity index (χ0v) is 13.8. The maximum absolute atomic E-state index is 14.1. The van der Waals surface area contributed by atoms with Crippen LogP contribution in [-0.2, 0) is 0 Å². The van der Waals surface area contributed by atoms with E-state index in [1.54, 1.807) is 19.2 Å². The van der Waals surface area contributed by atoms with Gasteiger partial charge in [0, 0.05) is 10.0 Å². The average Bonchev–Trinajstić information content (AvgIpc) is 2.46. The molecule has 1 unspecified atom stereocenters. The molecule has 0 bridgehead atoms. The fraction of sp³-hybridized carbons (Fsp3) is 0.250. The lowest BCUT2D eigenvalue weighted by molar-refractivity contribution is 0.411. The lowest BCUT2D eigenvalue weighted by Gasteiger charge is -2.21. The van der Waals surface area contributed by atoms with Gasteiger partial charge in [-0.3, -0.25) is 5.84 Å². The van der Waals surface area contributed by atoms with Gasteiger partial charge in [0.05, 0.1) is 13.2 Å². The molecule has 3 N–H and O–H groups in total. The molecule has 112 valence electrons. The van der Waals surface area contributed by atoms with E-state index in [0.29, 0.717) is 5.56 Å². The van der Waals surface area contributed by atoms with E-state index >= 15 is 0 Å². The number of methoxy groups -OCH3 is 1. The quantitative estimate of drug-likeness (QED) is 0.650. The van der Waals surface area contributed by atoms with Crippen molar-refractivity contribution in [3.05, 3.63) is 62.9 Å². The number of rotatable bonds is 4. The topological polar surface area (TPSA) is 47.3 Å². The zero-order chi connectivity index (χ0) is 15.6. The molecule has 0 saturated carbocycles. The van der Waals surface area contributed by atoms with E-state index in [-0.39, 0.29) is 5.82 Å². The number of hydrazine groups is 1. The Morgan fingerprint density at radius 1 is 1.14 bits per heavy atom. The summed E-state index contributed by atoms with van der Waals surface area (Å²) in [4.78, 5) is 0. The molecule has 0 aliphatic heterocycles. The van der Waals surface area contributed by atoms with Crippen LogP contribution in [0, 0.1) is 19.7 Å². The van der Waals surface area contributed by atoms with Crippen molar-refractivity contribution >= 4 is 15.9 Å². The second-order valence-corrected chi connectivity index (χ2v) is 5.86. The third-order valence-electron chi connectivity index (χ3n) is 3.53. The first kappa shape index (κ1) is 15.9. The van der Waals surface area contributed by atoms with Crippen LogP contribution in [0.3, 0.4) is 0 Å². The number of halogens is 2. The smallest absolute Gasteiger partial charge is 0.128 e.